The summed E-state index contributed by atoms with van der Waals surface area (Å²) in [5, 5.41) is 7.93. The SMILES string of the molecule is C[C@@H](NCC(=O)NC(=O)NC1CC1)c1ccco1. The van der Waals surface area contributed by atoms with Gasteiger partial charge in [0, 0.05) is 6.04 Å². The van der Waals surface area contributed by atoms with Crippen molar-refractivity contribution in [2.24, 2.45) is 0 Å². The predicted molar refractivity (Wildman–Crippen MR) is 64.8 cm³/mol. The van der Waals surface area contributed by atoms with Gasteiger partial charge in [-0.05, 0) is 31.9 Å². The van der Waals surface area contributed by atoms with Gasteiger partial charge in [-0.1, -0.05) is 0 Å². The van der Waals surface area contributed by atoms with Gasteiger partial charge in [0.2, 0.25) is 5.91 Å². The molecule has 1 atom stereocenters. The van der Waals surface area contributed by atoms with E-state index in [-0.39, 0.29) is 24.5 Å². The van der Waals surface area contributed by atoms with Crippen LogP contribution in [0.2, 0.25) is 0 Å². The number of carbonyl (C=O) groups excluding carboxylic acids is 2. The number of rotatable bonds is 5. The molecule has 0 unspecified atom stereocenters. The number of imide groups is 1. The Kier molecular flexibility index (Phi) is 3.99. The first-order valence-electron chi connectivity index (χ1n) is 6.02. The van der Waals surface area contributed by atoms with Gasteiger partial charge in [-0.15, -0.1) is 0 Å². The van der Waals surface area contributed by atoms with Gasteiger partial charge in [-0.25, -0.2) is 4.79 Å². The third kappa shape index (κ3) is 3.89. The summed E-state index contributed by atoms with van der Waals surface area (Å²) >= 11 is 0. The van der Waals surface area contributed by atoms with Crippen LogP contribution in [0.3, 0.4) is 0 Å². The average Bonchev–Trinajstić information content (AvgIpc) is 2.97. The zero-order valence-electron chi connectivity index (χ0n) is 10.2. The first-order valence-corrected chi connectivity index (χ1v) is 6.02. The van der Waals surface area contributed by atoms with E-state index >= 15 is 0 Å². The number of hydrogen-bond acceptors (Lipinski definition) is 4. The van der Waals surface area contributed by atoms with Gasteiger partial charge in [0.25, 0.3) is 0 Å². The van der Waals surface area contributed by atoms with Crippen molar-refractivity contribution in [1.82, 2.24) is 16.0 Å². The van der Waals surface area contributed by atoms with Crippen molar-refractivity contribution in [3.63, 3.8) is 0 Å². The average molecular weight is 251 g/mol. The van der Waals surface area contributed by atoms with Crippen LogP contribution in [-0.4, -0.2) is 24.5 Å². The summed E-state index contributed by atoms with van der Waals surface area (Å²) < 4.78 is 5.20. The van der Waals surface area contributed by atoms with E-state index < -0.39 is 6.03 Å². The maximum atomic E-state index is 11.5. The van der Waals surface area contributed by atoms with Gasteiger partial charge in [-0.3, -0.25) is 15.4 Å². The second-order valence-electron chi connectivity index (χ2n) is 4.41. The maximum Gasteiger partial charge on any atom is 0.321 e. The molecule has 0 saturated heterocycles. The van der Waals surface area contributed by atoms with Crippen molar-refractivity contribution < 1.29 is 14.0 Å². The summed E-state index contributed by atoms with van der Waals surface area (Å²) in [5.41, 5.74) is 0. The fourth-order valence-electron chi connectivity index (χ4n) is 1.50. The van der Waals surface area contributed by atoms with Gasteiger partial charge < -0.3 is 9.73 Å². The summed E-state index contributed by atoms with van der Waals surface area (Å²) in [6.07, 6.45) is 3.57. The molecule has 1 fully saturated rings. The molecule has 3 amide bonds. The summed E-state index contributed by atoms with van der Waals surface area (Å²) in [5.74, 6) is 0.400. The van der Waals surface area contributed by atoms with Gasteiger partial charge in [0.05, 0.1) is 18.8 Å². The van der Waals surface area contributed by atoms with Crippen LogP contribution in [0.1, 0.15) is 31.6 Å². The van der Waals surface area contributed by atoms with E-state index in [2.05, 4.69) is 16.0 Å². The molecule has 0 spiro atoms. The molecule has 6 heteroatoms. The highest BCUT2D eigenvalue weighted by molar-refractivity contribution is 5.95. The Labute approximate surface area is 105 Å². The zero-order chi connectivity index (χ0) is 13.0. The van der Waals surface area contributed by atoms with Crippen molar-refractivity contribution in [3.8, 4) is 0 Å². The highest BCUT2D eigenvalue weighted by Gasteiger charge is 2.23. The number of amides is 3. The smallest absolute Gasteiger partial charge is 0.321 e. The molecule has 0 radical (unpaired) electrons. The molecular weight excluding hydrogens is 234 g/mol. The number of hydrogen-bond donors (Lipinski definition) is 3. The lowest BCUT2D eigenvalue weighted by Gasteiger charge is -2.11. The second kappa shape index (κ2) is 5.68. The lowest BCUT2D eigenvalue weighted by molar-refractivity contribution is -0.119. The molecule has 18 heavy (non-hydrogen) atoms. The Balaban J connectivity index is 1.66. The minimum absolute atomic E-state index is 0.0694. The van der Waals surface area contributed by atoms with Crippen molar-refractivity contribution in [1.29, 1.82) is 0 Å². The van der Waals surface area contributed by atoms with Crippen molar-refractivity contribution in [3.05, 3.63) is 24.2 Å². The molecule has 2 rings (SSSR count). The van der Waals surface area contributed by atoms with Crippen molar-refractivity contribution in [2.45, 2.75) is 31.8 Å². The second-order valence-corrected chi connectivity index (χ2v) is 4.41. The Morgan fingerprint density at radius 3 is 2.89 bits per heavy atom. The van der Waals surface area contributed by atoms with Crippen LogP contribution >= 0.6 is 0 Å². The normalized spacial score (nSPS) is 16.1. The standard InChI is InChI=1S/C12H17N3O3/c1-8(10-3-2-6-18-10)13-7-11(16)15-12(17)14-9-4-5-9/h2-3,6,8-9,13H,4-5,7H2,1H3,(H2,14,15,16,17)/t8-/m1/s1. The summed E-state index contributed by atoms with van der Waals surface area (Å²) in [4.78, 5) is 22.8. The Morgan fingerprint density at radius 1 is 1.50 bits per heavy atom. The van der Waals surface area contributed by atoms with Crippen LogP contribution in [0.15, 0.2) is 22.8 Å². The molecule has 1 aliphatic carbocycles. The molecule has 1 aromatic rings. The Hall–Kier alpha value is -1.82. The molecule has 98 valence electrons. The molecule has 1 aromatic heterocycles. The minimum Gasteiger partial charge on any atom is -0.468 e. The lowest BCUT2D eigenvalue weighted by atomic mass is 10.2. The van der Waals surface area contributed by atoms with E-state index in [0.717, 1.165) is 18.6 Å². The van der Waals surface area contributed by atoms with E-state index in [1.165, 1.54) is 0 Å². The monoisotopic (exact) mass is 251 g/mol. The first kappa shape index (κ1) is 12.6. The molecule has 0 aliphatic heterocycles. The molecule has 1 aliphatic rings. The highest BCUT2D eigenvalue weighted by atomic mass is 16.3. The van der Waals surface area contributed by atoms with Crippen LogP contribution in [0.5, 0.6) is 0 Å². The number of urea groups is 1. The van der Waals surface area contributed by atoms with Gasteiger partial charge in [-0.2, -0.15) is 0 Å². The van der Waals surface area contributed by atoms with Gasteiger partial charge in [0.1, 0.15) is 5.76 Å². The molecule has 3 N–H and O–H groups in total. The van der Waals surface area contributed by atoms with Gasteiger partial charge >= 0.3 is 6.03 Å². The van der Waals surface area contributed by atoms with E-state index in [1.54, 1.807) is 12.3 Å². The van der Waals surface area contributed by atoms with Crippen LogP contribution in [0, 0.1) is 0 Å². The number of carbonyl (C=O) groups is 2. The molecule has 6 nitrogen and oxygen atoms in total. The van der Waals surface area contributed by atoms with E-state index in [1.807, 2.05) is 13.0 Å². The van der Waals surface area contributed by atoms with Crippen molar-refractivity contribution in [2.75, 3.05) is 6.54 Å². The summed E-state index contributed by atoms with van der Waals surface area (Å²) in [6, 6.07) is 3.37. The van der Waals surface area contributed by atoms with E-state index in [9.17, 15) is 9.59 Å². The lowest BCUT2D eigenvalue weighted by Crippen LogP contribution is -2.44. The zero-order valence-corrected chi connectivity index (χ0v) is 10.2. The van der Waals surface area contributed by atoms with E-state index in [4.69, 9.17) is 4.42 Å². The third-order valence-corrected chi connectivity index (χ3v) is 2.70. The quantitative estimate of drug-likeness (QED) is 0.726. The van der Waals surface area contributed by atoms with Crippen LogP contribution in [-0.2, 0) is 4.79 Å². The first-order chi connectivity index (χ1) is 8.65. The van der Waals surface area contributed by atoms with E-state index in [0.29, 0.717) is 0 Å². The van der Waals surface area contributed by atoms with Crippen LogP contribution < -0.4 is 16.0 Å². The fourth-order valence-corrected chi connectivity index (χ4v) is 1.50. The predicted octanol–water partition coefficient (Wildman–Crippen LogP) is 0.918. The molecule has 1 saturated carbocycles. The largest absolute Gasteiger partial charge is 0.468 e. The fraction of sp³-hybridized carbons (Fsp3) is 0.500. The van der Waals surface area contributed by atoms with Gasteiger partial charge in [0.15, 0.2) is 0 Å². The number of nitrogens with one attached hydrogen (secondary N) is 3. The summed E-state index contributed by atoms with van der Waals surface area (Å²) in [6.45, 7) is 1.95. The van der Waals surface area contributed by atoms with Crippen LogP contribution in [0.4, 0.5) is 4.79 Å². The Morgan fingerprint density at radius 2 is 2.28 bits per heavy atom. The molecular formula is C12H17N3O3. The van der Waals surface area contributed by atoms with Crippen molar-refractivity contribution >= 4 is 11.9 Å². The summed E-state index contributed by atoms with van der Waals surface area (Å²) in [7, 11) is 0. The highest BCUT2D eigenvalue weighted by Crippen LogP contribution is 2.18. The number of furan rings is 1. The topological polar surface area (TPSA) is 83.4 Å². The minimum atomic E-state index is -0.421. The molecule has 0 aromatic carbocycles. The molecule has 1 heterocycles. The van der Waals surface area contributed by atoms with Crippen LogP contribution in [0.25, 0.3) is 0 Å². The maximum absolute atomic E-state index is 11.5. The Bertz CT molecular complexity index is 412. The third-order valence-electron chi connectivity index (χ3n) is 2.70. The molecule has 0 bridgehead atoms.